The van der Waals surface area contributed by atoms with Crippen LogP contribution < -0.4 is 5.32 Å². The molecule has 2 aromatic rings. The zero-order chi connectivity index (χ0) is 12.5. The number of fused-ring (bicyclic) bond motifs is 1. The molecule has 1 aliphatic heterocycles. The summed E-state index contributed by atoms with van der Waals surface area (Å²) in [6.07, 6.45) is 0.895. The maximum absolute atomic E-state index is 10.1. The van der Waals surface area contributed by atoms with Crippen LogP contribution in [0.25, 0.3) is 0 Å². The van der Waals surface area contributed by atoms with Crippen molar-refractivity contribution in [2.75, 3.05) is 13.1 Å². The smallest absolute Gasteiger partial charge is 0.144 e. The average Bonchev–Trinajstić information content (AvgIpc) is 2.58. The molecule has 0 amide bonds. The van der Waals surface area contributed by atoms with Gasteiger partial charge in [-0.1, -0.05) is 30.3 Å². The molecule has 1 aromatic carbocycles. The van der Waals surface area contributed by atoms with Crippen LogP contribution in [0.1, 0.15) is 21.9 Å². The standard InChI is InChI=1S/C14H14BrNOS/c15-14-12(17)10-6-7-16-8-11(13(10)18-14)9-4-2-1-3-5-9/h1-5,11,16-17H,6-8H2. The van der Waals surface area contributed by atoms with Gasteiger partial charge >= 0.3 is 0 Å². The number of hydrogen-bond acceptors (Lipinski definition) is 3. The Kier molecular flexibility index (Phi) is 3.41. The van der Waals surface area contributed by atoms with E-state index in [2.05, 4.69) is 45.5 Å². The summed E-state index contributed by atoms with van der Waals surface area (Å²) < 4.78 is 0.857. The summed E-state index contributed by atoms with van der Waals surface area (Å²) in [6.45, 7) is 1.86. The van der Waals surface area contributed by atoms with Gasteiger partial charge in [-0.2, -0.15) is 0 Å². The van der Waals surface area contributed by atoms with Crippen molar-refractivity contribution in [1.82, 2.24) is 5.32 Å². The van der Waals surface area contributed by atoms with Crippen LogP contribution in [0.5, 0.6) is 5.75 Å². The van der Waals surface area contributed by atoms with Crippen LogP contribution in [0.3, 0.4) is 0 Å². The third kappa shape index (κ3) is 2.09. The molecule has 0 saturated heterocycles. The van der Waals surface area contributed by atoms with E-state index in [-0.39, 0.29) is 0 Å². The Balaban J connectivity index is 2.09. The predicted octanol–water partition coefficient (Wildman–Crippen LogP) is 3.49. The minimum atomic E-state index is 0.339. The maximum atomic E-state index is 10.1. The second-order valence-electron chi connectivity index (χ2n) is 4.48. The summed E-state index contributed by atoms with van der Waals surface area (Å²) in [5.74, 6) is 0.769. The van der Waals surface area contributed by atoms with Gasteiger partial charge < -0.3 is 10.4 Å². The topological polar surface area (TPSA) is 32.3 Å². The highest BCUT2D eigenvalue weighted by atomic mass is 79.9. The van der Waals surface area contributed by atoms with Gasteiger partial charge in [0.05, 0.1) is 0 Å². The monoisotopic (exact) mass is 323 g/mol. The minimum absolute atomic E-state index is 0.339. The molecule has 0 aliphatic carbocycles. The van der Waals surface area contributed by atoms with Crippen molar-refractivity contribution in [3.63, 3.8) is 0 Å². The van der Waals surface area contributed by atoms with Crippen molar-refractivity contribution in [1.29, 1.82) is 0 Å². The average molecular weight is 324 g/mol. The van der Waals surface area contributed by atoms with Gasteiger partial charge in [0.15, 0.2) is 0 Å². The maximum Gasteiger partial charge on any atom is 0.144 e. The number of aromatic hydroxyl groups is 1. The van der Waals surface area contributed by atoms with Gasteiger partial charge in [-0.05, 0) is 34.5 Å². The second-order valence-corrected chi connectivity index (χ2v) is 6.85. The van der Waals surface area contributed by atoms with E-state index in [9.17, 15) is 5.11 Å². The molecule has 0 saturated carbocycles. The SMILES string of the molecule is Oc1c(Br)sc2c1CCNCC2c1ccccc1. The lowest BCUT2D eigenvalue weighted by Crippen LogP contribution is -2.20. The molecule has 2 N–H and O–H groups in total. The molecule has 0 spiro atoms. The zero-order valence-electron chi connectivity index (χ0n) is 9.82. The molecule has 0 bridgehead atoms. The van der Waals surface area contributed by atoms with Gasteiger partial charge in [-0.3, -0.25) is 0 Å². The van der Waals surface area contributed by atoms with Crippen LogP contribution >= 0.6 is 27.3 Å². The summed E-state index contributed by atoms with van der Waals surface area (Å²) in [5, 5.41) is 13.6. The van der Waals surface area contributed by atoms with Crippen LogP contribution in [0.2, 0.25) is 0 Å². The third-order valence-electron chi connectivity index (χ3n) is 3.39. The summed E-state index contributed by atoms with van der Waals surface area (Å²) in [4.78, 5) is 1.29. The Hall–Kier alpha value is -0.840. The van der Waals surface area contributed by atoms with Crippen LogP contribution in [-0.4, -0.2) is 18.2 Å². The van der Waals surface area contributed by atoms with Crippen molar-refractivity contribution in [3.05, 3.63) is 50.1 Å². The van der Waals surface area contributed by atoms with Gasteiger partial charge in [-0.15, -0.1) is 11.3 Å². The summed E-state index contributed by atoms with van der Waals surface area (Å²) in [7, 11) is 0. The van der Waals surface area contributed by atoms with Crippen molar-refractivity contribution < 1.29 is 5.11 Å². The van der Waals surface area contributed by atoms with Gasteiger partial charge in [0.1, 0.15) is 9.54 Å². The van der Waals surface area contributed by atoms with Crippen molar-refractivity contribution in [3.8, 4) is 5.75 Å². The molecule has 4 heteroatoms. The van der Waals surface area contributed by atoms with Crippen molar-refractivity contribution in [2.45, 2.75) is 12.3 Å². The number of rotatable bonds is 1. The predicted molar refractivity (Wildman–Crippen MR) is 78.5 cm³/mol. The fourth-order valence-electron chi connectivity index (χ4n) is 2.47. The van der Waals surface area contributed by atoms with Crippen molar-refractivity contribution >= 4 is 27.3 Å². The Labute approximate surface area is 119 Å². The van der Waals surface area contributed by atoms with E-state index in [0.717, 1.165) is 28.9 Å². The van der Waals surface area contributed by atoms with Crippen LogP contribution in [0, 0.1) is 0 Å². The molecule has 18 heavy (non-hydrogen) atoms. The molecular formula is C14H14BrNOS. The van der Waals surface area contributed by atoms with Crippen LogP contribution in [0.4, 0.5) is 0 Å². The highest BCUT2D eigenvalue weighted by Gasteiger charge is 2.26. The number of hydrogen-bond donors (Lipinski definition) is 2. The molecule has 2 nitrogen and oxygen atoms in total. The Morgan fingerprint density at radius 3 is 2.83 bits per heavy atom. The number of benzene rings is 1. The lowest BCUT2D eigenvalue weighted by atomic mass is 9.95. The molecule has 1 atom stereocenters. The summed E-state index contributed by atoms with van der Waals surface area (Å²) in [6, 6.07) is 10.5. The van der Waals surface area contributed by atoms with Crippen molar-refractivity contribution in [2.24, 2.45) is 0 Å². The zero-order valence-corrected chi connectivity index (χ0v) is 12.2. The Morgan fingerprint density at radius 1 is 1.28 bits per heavy atom. The summed E-state index contributed by atoms with van der Waals surface area (Å²) >= 11 is 5.11. The molecule has 94 valence electrons. The quantitative estimate of drug-likeness (QED) is 0.842. The van der Waals surface area contributed by atoms with E-state index in [4.69, 9.17) is 0 Å². The Morgan fingerprint density at radius 2 is 2.06 bits per heavy atom. The fraction of sp³-hybridized carbons (Fsp3) is 0.286. The number of thiophene rings is 1. The second kappa shape index (κ2) is 5.03. The van der Waals surface area contributed by atoms with E-state index in [1.165, 1.54) is 10.4 Å². The first-order valence-corrected chi connectivity index (χ1v) is 7.64. The molecule has 2 heterocycles. The van der Waals surface area contributed by atoms with E-state index in [0.29, 0.717) is 11.7 Å². The van der Waals surface area contributed by atoms with Crippen LogP contribution in [-0.2, 0) is 6.42 Å². The first kappa shape index (κ1) is 12.2. The summed E-state index contributed by atoms with van der Waals surface area (Å²) in [5.41, 5.74) is 2.41. The van der Waals surface area contributed by atoms with Crippen LogP contribution in [0.15, 0.2) is 34.1 Å². The fourth-order valence-corrected chi connectivity index (χ4v) is 4.33. The van der Waals surface area contributed by atoms with Gasteiger partial charge in [0.25, 0.3) is 0 Å². The molecular weight excluding hydrogens is 310 g/mol. The number of nitrogens with one attached hydrogen (secondary N) is 1. The van der Waals surface area contributed by atoms with E-state index < -0.39 is 0 Å². The normalized spacial score (nSPS) is 19.3. The molecule has 1 aromatic heterocycles. The molecule has 1 aliphatic rings. The van der Waals surface area contributed by atoms with E-state index in [1.54, 1.807) is 11.3 Å². The van der Waals surface area contributed by atoms with E-state index in [1.807, 2.05) is 6.07 Å². The van der Waals surface area contributed by atoms with Gasteiger partial charge in [-0.25, -0.2) is 0 Å². The van der Waals surface area contributed by atoms with Gasteiger partial charge in [0, 0.05) is 22.9 Å². The number of halogens is 1. The largest absolute Gasteiger partial charge is 0.506 e. The lowest BCUT2D eigenvalue weighted by molar-refractivity contribution is 0.467. The third-order valence-corrected chi connectivity index (χ3v) is 5.37. The highest BCUT2D eigenvalue weighted by molar-refractivity contribution is 9.11. The molecule has 1 unspecified atom stereocenters. The minimum Gasteiger partial charge on any atom is -0.506 e. The van der Waals surface area contributed by atoms with E-state index >= 15 is 0 Å². The highest BCUT2D eigenvalue weighted by Crippen LogP contribution is 2.44. The molecule has 0 radical (unpaired) electrons. The first-order chi connectivity index (χ1) is 8.77. The Bertz CT molecular complexity index is 552. The molecule has 3 rings (SSSR count). The van der Waals surface area contributed by atoms with Gasteiger partial charge in [0.2, 0.25) is 0 Å². The first-order valence-electron chi connectivity index (χ1n) is 6.03. The lowest BCUT2D eigenvalue weighted by Gasteiger charge is -2.15. The molecule has 0 fully saturated rings.